The molecule has 1 aromatic carbocycles. The Morgan fingerprint density at radius 3 is 2.39 bits per heavy atom. The van der Waals surface area contributed by atoms with Gasteiger partial charge >= 0.3 is 5.97 Å². The van der Waals surface area contributed by atoms with Gasteiger partial charge in [0.15, 0.2) is 10.9 Å². The third kappa shape index (κ3) is 6.81. The second-order valence-corrected chi connectivity index (χ2v) is 9.88. The van der Waals surface area contributed by atoms with E-state index in [0.29, 0.717) is 5.92 Å². The van der Waals surface area contributed by atoms with Gasteiger partial charge in [0.05, 0.1) is 5.56 Å². The van der Waals surface area contributed by atoms with E-state index in [-0.39, 0.29) is 22.8 Å². The lowest BCUT2D eigenvalue weighted by molar-refractivity contribution is 0.0726. The van der Waals surface area contributed by atoms with Crippen LogP contribution in [0.25, 0.3) is 0 Å². The quantitative estimate of drug-likeness (QED) is 0.180. The minimum Gasteiger partial charge on any atom is -0.411 e. The molecule has 0 radical (unpaired) electrons. The molecule has 1 fully saturated rings. The molecule has 0 bridgehead atoms. The van der Waals surface area contributed by atoms with Crippen LogP contribution >= 0.6 is 11.3 Å². The molecule has 0 spiro atoms. The van der Waals surface area contributed by atoms with E-state index in [4.69, 9.17) is 4.74 Å². The third-order valence-electron chi connectivity index (χ3n) is 6.65. The highest BCUT2D eigenvalue weighted by Gasteiger charge is 2.30. The molecule has 182 valence electrons. The molecule has 0 aliphatic heterocycles. The van der Waals surface area contributed by atoms with E-state index in [1.165, 1.54) is 44.9 Å². The highest BCUT2D eigenvalue weighted by atomic mass is 32.1. The van der Waals surface area contributed by atoms with Gasteiger partial charge in [-0.25, -0.2) is 18.0 Å². The van der Waals surface area contributed by atoms with Crippen LogP contribution in [0.2, 0.25) is 0 Å². The van der Waals surface area contributed by atoms with Gasteiger partial charge in [0.25, 0.3) is 6.43 Å². The number of benzene rings is 1. The average molecular weight is 485 g/mol. The van der Waals surface area contributed by atoms with Crippen molar-refractivity contribution < 1.29 is 27.1 Å². The highest BCUT2D eigenvalue weighted by molar-refractivity contribution is 7.12. The van der Waals surface area contributed by atoms with Gasteiger partial charge < -0.3 is 4.74 Å². The standard InChI is InChI=1S/C26H32F4O2S/c1-2-3-4-5-6-7-10-17-13-15-18(16-14-17)19-11-8-9-12-20(19)25(31)32-26-21(23(28)29)22(27)24(30)33-26/h8-9,11-12,17-18,23H,2-7,10,13-16H2,1H3/t17-,18-. The molecule has 2 nitrogen and oxygen atoms in total. The molecule has 0 amide bonds. The maximum atomic E-state index is 13.7. The number of hydrogen-bond donors (Lipinski definition) is 0. The number of hydrogen-bond acceptors (Lipinski definition) is 3. The summed E-state index contributed by atoms with van der Waals surface area (Å²) in [5.74, 6) is -1.63. The van der Waals surface area contributed by atoms with E-state index in [9.17, 15) is 22.4 Å². The molecular formula is C26H32F4O2S. The van der Waals surface area contributed by atoms with Gasteiger partial charge in [0.2, 0.25) is 5.13 Å². The maximum absolute atomic E-state index is 13.7. The Balaban J connectivity index is 1.59. The summed E-state index contributed by atoms with van der Waals surface area (Å²) in [6.07, 6.45) is 9.83. The number of carbonyl (C=O) groups excluding carboxylic acids is 1. The van der Waals surface area contributed by atoms with Gasteiger partial charge in [-0.2, -0.15) is 4.39 Å². The molecule has 1 heterocycles. The van der Waals surface area contributed by atoms with E-state index in [2.05, 4.69) is 6.92 Å². The number of esters is 1. The fourth-order valence-corrected chi connectivity index (χ4v) is 5.56. The van der Waals surface area contributed by atoms with Crippen LogP contribution < -0.4 is 4.74 Å². The Bertz CT molecular complexity index is 904. The first-order valence-corrected chi connectivity index (χ1v) is 12.8. The van der Waals surface area contributed by atoms with E-state index in [1.807, 2.05) is 12.1 Å². The normalized spacial score (nSPS) is 18.6. The van der Waals surface area contributed by atoms with Crippen LogP contribution in [-0.2, 0) is 0 Å². The number of alkyl halides is 2. The van der Waals surface area contributed by atoms with Crippen LogP contribution in [0.15, 0.2) is 24.3 Å². The first-order chi connectivity index (χ1) is 15.9. The van der Waals surface area contributed by atoms with E-state index >= 15 is 0 Å². The van der Waals surface area contributed by atoms with Crippen LogP contribution in [0, 0.1) is 16.9 Å². The van der Waals surface area contributed by atoms with Crippen molar-refractivity contribution in [1.29, 1.82) is 0 Å². The zero-order chi connectivity index (χ0) is 23.8. The third-order valence-corrected chi connectivity index (χ3v) is 7.50. The van der Waals surface area contributed by atoms with Crippen LogP contribution in [0.1, 0.15) is 111 Å². The summed E-state index contributed by atoms with van der Waals surface area (Å²) in [5, 5.41) is -2.13. The molecule has 1 saturated carbocycles. The minimum atomic E-state index is -3.27. The van der Waals surface area contributed by atoms with Crippen molar-refractivity contribution in [3.05, 3.63) is 51.9 Å². The van der Waals surface area contributed by atoms with Gasteiger partial charge in [-0.1, -0.05) is 81.4 Å². The molecule has 0 unspecified atom stereocenters. The van der Waals surface area contributed by atoms with Gasteiger partial charge in [0, 0.05) is 0 Å². The topological polar surface area (TPSA) is 26.3 Å². The van der Waals surface area contributed by atoms with Crippen molar-refractivity contribution in [2.24, 2.45) is 5.92 Å². The summed E-state index contributed by atoms with van der Waals surface area (Å²) in [4.78, 5) is 12.8. The summed E-state index contributed by atoms with van der Waals surface area (Å²) >= 11 is 0.0829. The molecule has 7 heteroatoms. The predicted octanol–water partition coefficient (Wildman–Crippen LogP) is 9.21. The van der Waals surface area contributed by atoms with Crippen molar-refractivity contribution in [3.8, 4) is 5.06 Å². The van der Waals surface area contributed by atoms with Crippen LogP contribution in [0.3, 0.4) is 0 Å². The lowest BCUT2D eigenvalue weighted by Crippen LogP contribution is -2.18. The van der Waals surface area contributed by atoms with Crippen LogP contribution in [-0.4, -0.2) is 5.97 Å². The van der Waals surface area contributed by atoms with Crippen LogP contribution in [0.4, 0.5) is 17.6 Å². The van der Waals surface area contributed by atoms with E-state index < -0.39 is 34.0 Å². The summed E-state index contributed by atoms with van der Waals surface area (Å²) < 4.78 is 58.5. The number of rotatable bonds is 11. The second kappa shape index (κ2) is 12.5. The fraction of sp³-hybridized carbons (Fsp3) is 0.577. The predicted molar refractivity (Wildman–Crippen MR) is 123 cm³/mol. The molecule has 1 aliphatic rings. The summed E-state index contributed by atoms with van der Waals surface area (Å²) in [6, 6.07) is 6.96. The number of halogens is 4. The summed E-state index contributed by atoms with van der Waals surface area (Å²) in [6.45, 7) is 2.22. The number of unbranched alkanes of at least 4 members (excludes halogenated alkanes) is 5. The molecule has 0 N–H and O–H groups in total. The van der Waals surface area contributed by atoms with Crippen LogP contribution in [0.5, 0.6) is 5.06 Å². The fourth-order valence-electron chi connectivity index (χ4n) is 4.79. The lowest BCUT2D eigenvalue weighted by Gasteiger charge is -2.29. The van der Waals surface area contributed by atoms with Crippen molar-refractivity contribution in [2.45, 2.75) is 89.9 Å². The SMILES string of the molecule is CCCCCCCC[C@H]1CC[C@H](c2ccccc2C(=O)Oc2sc(F)c(F)c2C(F)F)CC1. The molecule has 0 saturated heterocycles. The Kier molecular flexibility index (Phi) is 9.78. The lowest BCUT2D eigenvalue weighted by atomic mass is 9.76. The van der Waals surface area contributed by atoms with Gasteiger partial charge in [0.1, 0.15) is 5.56 Å². The smallest absolute Gasteiger partial charge is 0.344 e. The molecule has 1 aliphatic carbocycles. The summed E-state index contributed by atoms with van der Waals surface area (Å²) in [5.41, 5.74) is -0.110. The molecule has 2 aromatic rings. The zero-order valence-electron chi connectivity index (χ0n) is 19.1. The first-order valence-electron chi connectivity index (χ1n) is 12.0. The first kappa shape index (κ1) is 25.7. The molecule has 0 atom stereocenters. The Labute approximate surface area is 197 Å². The van der Waals surface area contributed by atoms with Crippen molar-refractivity contribution in [1.82, 2.24) is 0 Å². The highest BCUT2D eigenvalue weighted by Crippen LogP contribution is 2.41. The maximum Gasteiger partial charge on any atom is 0.344 e. The minimum absolute atomic E-state index is 0.0829. The Morgan fingerprint density at radius 1 is 1.03 bits per heavy atom. The number of carbonyl (C=O) groups is 1. The Hall–Kier alpha value is -1.89. The molecule has 1 aromatic heterocycles. The van der Waals surface area contributed by atoms with Gasteiger partial charge in [-0.3, -0.25) is 0 Å². The van der Waals surface area contributed by atoms with Crippen molar-refractivity contribution in [3.63, 3.8) is 0 Å². The van der Waals surface area contributed by atoms with E-state index in [0.717, 1.165) is 31.2 Å². The largest absolute Gasteiger partial charge is 0.411 e. The number of thiophene rings is 1. The summed E-state index contributed by atoms with van der Waals surface area (Å²) in [7, 11) is 0. The van der Waals surface area contributed by atoms with Crippen molar-refractivity contribution in [2.75, 3.05) is 0 Å². The zero-order valence-corrected chi connectivity index (χ0v) is 19.9. The average Bonchev–Trinajstić information content (AvgIpc) is 3.09. The van der Waals surface area contributed by atoms with Gasteiger partial charge in [-0.05, 0) is 49.1 Å². The van der Waals surface area contributed by atoms with Crippen molar-refractivity contribution >= 4 is 17.3 Å². The van der Waals surface area contributed by atoms with Gasteiger partial charge in [-0.15, -0.1) is 0 Å². The molecule has 33 heavy (non-hydrogen) atoms. The number of ether oxygens (including phenoxy) is 1. The second-order valence-electron chi connectivity index (χ2n) is 8.94. The molecule has 3 rings (SSSR count). The Morgan fingerprint density at radius 2 is 1.70 bits per heavy atom. The monoisotopic (exact) mass is 484 g/mol. The molecular weight excluding hydrogens is 452 g/mol. The van der Waals surface area contributed by atoms with E-state index in [1.54, 1.807) is 12.1 Å².